The second-order valence-electron chi connectivity index (χ2n) is 7.07. The molecule has 5 heteroatoms. The van der Waals surface area contributed by atoms with Crippen LogP contribution in [0.1, 0.15) is 32.6 Å². The minimum atomic E-state index is 0.609. The summed E-state index contributed by atoms with van der Waals surface area (Å²) in [6.45, 7) is 7.03. The van der Waals surface area contributed by atoms with Gasteiger partial charge in [0.05, 0.1) is 0 Å². The number of piperidine rings is 1. The average molecular weight is 326 g/mol. The van der Waals surface area contributed by atoms with E-state index in [9.17, 15) is 0 Å². The Morgan fingerprint density at radius 1 is 1.04 bits per heavy atom. The monoisotopic (exact) mass is 326 g/mol. The smallest absolute Gasteiger partial charge is 0.266 e. The van der Waals surface area contributed by atoms with Crippen molar-refractivity contribution < 1.29 is 4.52 Å². The molecule has 0 aliphatic carbocycles. The molecule has 128 valence electrons. The number of nitrogens with zero attached hydrogens (tertiary/aromatic N) is 4. The molecule has 5 nitrogen and oxygen atoms in total. The number of hydrogen-bond donors (Lipinski definition) is 0. The van der Waals surface area contributed by atoms with Crippen LogP contribution >= 0.6 is 0 Å². The third kappa shape index (κ3) is 3.18. The molecule has 0 bridgehead atoms. The van der Waals surface area contributed by atoms with Gasteiger partial charge >= 0.3 is 0 Å². The average Bonchev–Trinajstić information content (AvgIpc) is 3.34. The summed E-state index contributed by atoms with van der Waals surface area (Å²) in [6, 6.07) is 10.7. The molecule has 0 spiro atoms. The Labute approximate surface area is 143 Å². The first-order valence-electron chi connectivity index (χ1n) is 9.19. The van der Waals surface area contributed by atoms with Crippen LogP contribution in [-0.4, -0.2) is 47.3 Å². The van der Waals surface area contributed by atoms with Gasteiger partial charge in [0, 0.05) is 24.7 Å². The van der Waals surface area contributed by atoms with Gasteiger partial charge in [-0.15, -0.1) is 0 Å². The summed E-state index contributed by atoms with van der Waals surface area (Å²) in [5.41, 5.74) is 0.980. The van der Waals surface area contributed by atoms with Gasteiger partial charge < -0.3 is 14.3 Å². The Morgan fingerprint density at radius 2 is 1.75 bits per heavy atom. The van der Waals surface area contributed by atoms with Crippen LogP contribution in [0, 0.1) is 5.92 Å². The van der Waals surface area contributed by atoms with Crippen LogP contribution in [0.5, 0.6) is 0 Å². The molecule has 0 N–H and O–H groups in total. The standard InChI is InChI=1S/C19H26N4O/c1-15(22-11-5-6-12-22)16-9-13-23(14-10-16)19-20-18(24-21-19)17-7-3-2-4-8-17/h2-4,7-8,15-16H,5-6,9-14H2,1H3/t15-/m1/s1. The van der Waals surface area contributed by atoms with Crippen LogP contribution in [0.2, 0.25) is 0 Å². The summed E-state index contributed by atoms with van der Waals surface area (Å²) in [5.74, 6) is 2.14. The molecule has 0 amide bonds. The Hall–Kier alpha value is -1.88. The normalized spacial score (nSPS) is 21.3. The highest BCUT2D eigenvalue weighted by atomic mass is 16.5. The fourth-order valence-electron chi connectivity index (χ4n) is 4.07. The van der Waals surface area contributed by atoms with Gasteiger partial charge in [-0.25, -0.2) is 0 Å². The lowest BCUT2D eigenvalue weighted by molar-refractivity contribution is 0.167. The minimum Gasteiger partial charge on any atom is -0.338 e. The zero-order valence-corrected chi connectivity index (χ0v) is 14.4. The van der Waals surface area contributed by atoms with Crippen LogP contribution in [0.25, 0.3) is 11.5 Å². The lowest BCUT2D eigenvalue weighted by atomic mass is 9.89. The molecule has 2 aromatic rings. The van der Waals surface area contributed by atoms with E-state index in [2.05, 4.69) is 26.9 Å². The van der Waals surface area contributed by atoms with Crippen molar-refractivity contribution in [2.75, 3.05) is 31.1 Å². The molecule has 1 aromatic heterocycles. The summed E-state index contributed by atoms with van der Waals surface area (Å²) < 4.78 is 5.45. The number of likely N-dealkylation sites (tertiary alicyclic amines) is 1. The van der Waals surface area contributed by atoms with E-state index >= 15 is 0 Å². The van der Waals surface area contributed by atoms with Crippen molar-refractivity contribution in [2.24, 2.45) is 5.92 Å². The van der Waals surface area contributed by atoms with Crippen LogP contribution in [0.4, 0.5) is 5.95 Å². The largest absolute Gasteiger partial charge is 0.338 e. The van der Waals surface area contributed by atoms with E-state index in [-0.39, 0.29) is 0 Å². The van der Waals surface area contributed by atoms with E-state index in [1.165, 1.54) is 38.8 Å². The van der Waals surface area contributed by atoms with Gasteiger partial charge in [0.2, 0.25) is 0 Å². The van der Waals surface area contributed by atoms with Crippen LogP contribution in [-0.2, 0) is 0 Å². The SMILES string of the molecule is C[C@H](C1CCN(c2noc(-c3ccccc3)n2)CC1)N1CCCC1. The fourth-order valence-corrected chi connectivity index (χ4v) is 4.07. The highest BCUT2D eigenvalue weighted by Crippen LogP contribution is 2.28. The van der Waals surface area contributed by atoms with Crippen molar-refractivity contribution in [1.82, 2.24) is 15.0 Å². The van der Waals surface area contributed by atoms with E-state index in [4.69, 9.17) is 4.52 Å². The van der Waals surface area contributed by atoms with Crippen LogP contribution in [0.15, 0.2) is 34.9 Å². The van der Waals surface area contributed by atoms with Crippen molar-refractivity contribution >= 4 is 5.95 Å². The lowest BCUT2D eigenvalue weighted by Gasteiger charge is -2.37. The van der Waals surface area contributed by atoms with Crippen LogP contribution < -0.4 is 4.90 Å². The topological polar surface area (TPSA) is 45.4 Å². The van der Waals surface area contributed by atoms with Gasteiger partial charge in [-0.3, -0.25) is 0 Å². The molecule has 0 saturated carbocycles. The molecule has 2 fully saturated rings. The Morgan fingerprint density at radius 3 is 2.46 bits per heavy atom. The Balaban J connectivity index is 1.37. The molecule has 4 rings (SSSR count). The van der Waals surface area contributed by atoms with Crippen molar-refractivity contribution in [2.45, 2.75) is 38.6 Å². The Bertz CT molecular complexity index is 642. The summed E-state index contributed by atoms with van der Waals surface area (Å²) >= 11 is 0. The van der Waals surface area contributed by atoms with Gasteiger partial charge in [-0.2, -0.15) is 4.98 Å². The molecule has 0 radical (unpaired) electrons. The van der Waals surface area contributed by atoms with Crippen molar-refractivity contribution in [3.05, 3.63) is 30.3 Å². The van der Waals surface area contributed by atoms with Crippen molar-refractivity contribution in [3.8, 4) is 11.5 Å². The number of hydrogen-bond acceptors (Lipinski definition) is 5. The number of anilines is 1. The third-order valence-electron chi connectivity index (χ3n) is 5.66. The van der Waals surface area contributed by atoms with E-state index in [0.717, 1.165) is 30.5 Å². The highest BCUT2D eigenvalue weighted by Gasteiger charge is 2.30. The maximum absolute atomic E-state index is 5.45. The van der Waals surface area contributed by atoms with E-state index < -0.39 is 0 Å². The van der Waals surface area contributed by atoms with Gasteiger partial charge in [0.1, 0.15) is 0 Å². The van der Waals surface area contributed by atoms with Gasteiger partial charge in [-0.05, 0) is 68.9 Å². The molecule has 2 saturated heterocycles. The van der Waals surface area contributed by atoms with Crippen molar-refractivity contribution in [1.29, 1.82) is 0 Å². The molecule has 2 aliphatic heterocycles. The first kappa shape index (κ1) is 15.6. The predicted octanol–water partition coefficient (Wildman–Crippen LogP) is 3.44. The second-order valence-corrected chi connectivity index (χ2v) is 7.07. The zero-order chi connectivity index (χ0) is 16.4. The maximum Gasteiger partial charge on any atom is 0.266 e. The van der Waals surface area contributed by atoms with Gasteiger partial charge in [-0.1, -0.05) is 18.2 Å². The first-order chi connectivity index (χ1) is 11.8. The summed E-state index contributed by atoms with van der Waals surface area (Å²) in [5, 5.41) is 4.19. The molecule has 0 unspecified atom stereocenters. The van der Waals surface area contributed by atoms with E-state index in [1.54, 1.807) is 0 Å². The zero-order valence-electron chi connectivity index (χ0n) is 14.4. The number of rotatable bonds is 4. The lowest BCUT2D eigenvalue weighted by Crippen LogP contribution is -2.43. The molecule has 24 heavy (non-hydrogen) atoms. The number of benzene rings is 1. The summed E-state index contributed by atoms with van der Waals surface area (Å²) in [6.07, 6.45) is 5.17. The van der Waals surface area contributed by atoms with E-state index in [0.29, 0.717) is 11.9 Å². The minimum absolute atomic E-state index is 0.609. The number of aromatic nitrogens is 2. The van der Waals surface area contributed by atoms with Gasteiger partial charge in [0.15, 0.2) is 0 Å². The molecule has 2 aliphatic rings. The quantitative estimate of drug-likeness (QED) is 0.861. The molecule has 3 heterocycles. The molecular formula is C19H26N4O. The fraction of sp³-hybridized carbons (Fsp3) is 0.579. The molecule has 1 atom stereocenters. The Kier molecular flexibility index (Phi) is 4.52. The highest BCUT2D eigenvalue weighted by molar-refractivity contribution is 5.54. The van der Waals surface area contributed by atoms with Gasteiger partial charge in [0.25, 0.3) is 11.8 Å². The second kappa shape index (κ2) is 6.93. The maximum atomic E-state index is 5.45. The van der Waals surface area contributed by atoms with Crippen LogP contribution in [0.3, 0.4) is 0 Å². The van der Waals surface area contributed by atoms with E-state index in [1.807, 2.05) is 30.3 Å². The predicted molar refractivity (Wildman–Crippen MR) is 94.9 cm³/mol. The summed E-state index contributed by atoms with van der Waals surface area (Å²) in [7, 11) is 0. The third-order valence-corrected chi connectivity index (χ3v) is 5.66. The van der Waals surface area contributed by atoms with Crippen molar-refractivity contribution in [3.63, 3.8) is 0 Å². The first-order valence-corrected chi connectivity index (χ1v) is 9.19. The summed E-state index contributed by atoms with van der Waals surface area (Å²) in [4.78, 5) is 9.53. The molecule has 1 aromatic carbocycles. The molecular weight excluding hydrogens is 300 g/mol.